The number of carbonyl (C=O) groups excluding carboxylic acids is 1. The number of hydrogen-bond acceptors (Lipinski definition) is 2. The SMILES string of the molecule is C=CC(=O)N(O)C(C)CCCC. The van der Waals surface area contributed by atoms with Gasteiger partial charge in [-0.2, -0.15) is 0 Å². The molecule has 0 bridgehead atoms. The van der Waals surface area contributed by atoms with E-state index >= 15 is 0 Å². The molecule has 3 nitrogen and oxygen atoms in total. The Morgan fingerprint density at radius 2 is 2.33 bits per heavy atom. The Hall–Kier alpha value is -0.830. The van der Waals surface area contributed by atoms with Crippen LogP contribution in [-0.4, -0.2) is 22.2 Å². The predicted molar refractivity (Wildman–Crippen MR) is 47.8 cm³/mol. The summed E-state index contributed by atoms with van der Waals surface area (Å²) in [5.41, 5.74) is 0. The van der Waals surface area contributed by atoms with Crippen LogP contribution in [0.5, 0.6) is 0 Å². The van der Waals surface area contributed by atoms with Crippen LogP contribution in [0.1, 0.15) is 33.1 Å². The number of amides is 1. The molecule has 0 rings (SSSR count). The Kier molecular flexibility index (Phi) is 5.37. The maximum atomic E-state index is 10.9. The van der Waals surface area contributed by atoms with Gasteiger partial charge in [-0.05, 0) is 19.4 Å². The minimum Gasteiger partial charge on any atom is -0.285 e. The first-order valence-corrected chi connectivity index (χ1v) is 4.28. The molecule has 12 heavy (non-hydrogen) atoms. The van der Waals surface area contributed by atoms with E-state index in [-0.39, 0.29) is 6.04 Å². The molecule has 0 aromatic carbocycles. The van der Waals surface area contributed by atoms with Gasteiger partial charge in [-0.3, -0.25) is 10.0 Å². The first-order valence-electron chi connectivity index (χ1n) is 4.28. The molecule has 3 heteroatoms. The van der Waals surface area contributed by atoms with Crippen molar-refractivity contribution < 1.29 is 10.0 Å². The Morgan fingerprint density at radius 3 is 2.75 bits per heavy atom. The number of hydroxylamine groups is 2. The summed E-state index contributed by atoms with van der Waals surface area (Å²) in [7, 11) is 0. The van der Waals surface area contributed by atoms with E-state index in [1.165, 1.54) is 0 Å². The van der Waals surface area contributed by atoms with Gasteiger partial charge in [0, 0.05) is 0 Å². The first-order chi connectivity index (χ1) is 5.63. The lowest BCUT2D eigenvalue weighted by Crippen LogP contribution is -2.34. The summed E-state index contributed by atoms with van der Waals surface area (Å²) in [4.78, 5) is 10.9. The molecule has 0 radical (unpaired) electrons. The van der Waals surface area contributed by atoms with E-state index in [9.17, 15) is 10.0 Å². The first kappa shape index (κ1) is 11.2. The maximum Gasteiger partial charge on any atom is 0.269 e. The summed E-state index contributed by atoms with van der Waals surface area (Å²) in [6.45, 7) is 7.18. The Morgan fingerprint density at radius 1 is 1.75 bits per heavy atom. The van der Waals surface area contributed by atoms with Crippen molar-refractivity contribution >= 4 is 5.91 Å². The van der Waals surface area contributed by atoms with Crippen molar-refractivity contribution in [3.05, 3.63) is 12.7 Å². The Bertz CT molecular complexity index is 157. The monoisotopic (exact) mass is 171 g/mol. The molecule has 1 N–H and O–H groups in total. The van der Waals surface area contributed by atoms with Gasteiger partial charge >= 0.3 is 0 Å². The molecule has 0 saturated heterocycles. The van der Waals surface area contributed by atoms with E-state index in [0.29, 0.717) is 0 Å². The van der Waals surface area contributed by atoms with Gasteiger partial charge in [0.05, 0.1) is 6.04 Å². The summed E-state index contributed by atoms with van der Waals surface area (Å²) in [5.74, 6) is -0.432. The normalized spacial score (nSPS) is 12.2. The predicted octanol–water partition coefficient (Wildman–Crippen LogP) is 1.97. The third kappa shape index (κ3) is 3.53. The van der Waals surface area contributed by atoms with Gasteiger partial charge in [-0.15, -0.1) is 0 Å². The quantitative estimate of drug-likeness (QED) is 0.390. The van der Waals surface area contributed by atoms with Crippen LogP contribution in [-0.2, 0) is 4.79 Å². The lowest BCUT2D eigenvalue weighted by Gasteiger charge is -2.20. The van der Waals surface area contributed by atoms with Crippen molar-refractivity contribution in [3.8, 4) is 0 Å². The molecule has 0 aliphatic carbocycles. The number of carbonyl (C=O) groups is 1. The van der Waals surface area contributed by atoms with E-state index < -0.39 is 5.91 Å². The molecule has 0 fully saturated rings. The zero-order chi connectivity index (χ0) is 9.56. The van der Waals surface area contributed by atoms with E-state index in [4.69, 9.17) is 0 Å². The van der Waals surface area contributed by atoms with Crippen LogP contribution in [0.2, 0.25) is 0 Å². The average molecular weight is 171 g/mol. The van der Waals surface area contributed by atoms with Gasteiger partial charge in [-0.25, -0.2) is 5.06 Å². The summed E-state index contributed by atoms with van der Waals surface area (Å²) in [6, 6.07) is -0.115. The molecule has 0 aliphatic heterocycles. The molecule has 1 atom stereocenters. The number of unbranched alkanes of at least 4 members (excludes halogenated alkanes) is 1. The Balaban J connectivity index is 3.83. The smallest absolute Gasteiger partial charge is 0.269 e. The highest BCUT2D eigenvalue weighted by Crippen LogP contribution is 2.06. The third-order valence-corrected chi connectivity index (χ3v) is 1.79. The standard InChI is InChI=1S/C9H17NO2/c1-4-6-7-8(3)10(12)9(11)5-2/h5,8,12H,2,4,6-7H2,1,3H3. The Labute approximate surface area is 73.6 Å². The minimum atomic E-state index is -0.432. The van der Waals surface area contributed by atoms with Crippen molar-refractivity contribution in [1.82, 2.24) is 5.06 Å². The van der Waals surface area contributed by atoms with Gasteiger partial charge in [0.2, 0.25) is 0 Å². The lowest BCUT2D eigenvalue weighted by atomic mass is 10.1. The second kappa shape index (κ2) is 5.77. The second-order valence-electron chi connectivity index (χ2n) is 2.88. The molecular weight excluding hydrogens is 154 g/mol. The van der Waals surface area contributed by atoms with Crippen molar-refractivity contribution in [1.29, 1.82) is 0 Å². The van der Waals surface area contributed by atoms with Crippen LogP contribution in [0.15, 0.2) is 12.7 Å². The highest BCUT2D eigenvalue weighted by atomic mass is 16.5. The van der Waals surface area contributed by atoms with Crippen molar-refractivity contribution in [2.75, 3.05) is 0 Å². The van der Waals surface area contributed by atoms with Crippen LogP contribution >= 0.6 is 0 Å². The van der Waals surface area contributed by atoms with E-state index in [1.807, 2.05) is 6.92 Å². The summed E-state index contributed by atoms with van der Waals surface area (Å²) in [5, 5.41) is 9.96. The van der Waals surface area contributed by atoms with Gasteiger partial charge < -0.3 is 0 Å². The fraction of sp³-hybridized carbons (Fsp3) is 0.667. The minimum absolute atomic E-state index is 0.115. The maximum absolute atomic E-state index is 10.9. The molecule has 0 heterocycles. The molecule has 0 aromatic heterocycles. The van der Waals surface area contributed by atoms with E-state index in [1.54, 1.807) is 0 Å². The van der Waals surface area contributed by atoms with Crippen molar-refractivity contribution in [2.24, 2.45) is 0 Å². The summed E-state index contributed by atoms with van der Waals surface area (Å²) >= 11 is 0. The van der Waals surface area contributed by atoms with Gasteiger partial charge in [0.25, 0.3) is 5.91 Å². The van der Waals surface area contributed by atoms with E-state index in [0.717, 1.165) is 30.4 Å². The molecule has 70 valence electrons. The topological polar surface area (TPSA) is 40.5 Å². The van der Waals surface area contributed by atoms with Crippen LogP contribution in [0.4, 0.5) is 0 Å². The van der Waals surface area contributed by atoms with Crippen LogP contribution in [0.25, 0.3) is 0 Å². The largest absolute Gasteiger partial charge is 0.285 e. The van der Waals surface area contributed by atoms with Crippen LogP contribution in [0.3, 0.4) is 0 Å². The molecule has 0 aromatic rings. The second-order valence-corrected chi connectivity index (χ2v) is 2.88. The summed E-state index contributed by atoms with van der Waals surface area (Å²) in [6.07, 6.45) is 4.03. The zero-order valence-electron chi connectivity index (χ0n) is 7.79. The average Bonchev–Trinajstić information content (AvgIpc) is 2.11. The van der Waals surface area contributed by atoms with Crippen molar-refractivity contribution in [3.63, 3.8) is 0 Å². The van der Waals surface area contributed by atoms with Gasteiger partial charge in [0.1, 0.15) is 0 Å². The molecule has 1 amide bonds. The molecule has 1 unspecified atom stereocenters. The lowest BCUT2D eigenvalue weighted by molar-refractivity contribution is -0.168. The highest BCUT2D eigenvalue weighted by Gasteiger charge is 2.13. The number of rotatable bonds is 5. The fourth-order valence-corrected chi connectivity index (χ4v) is 0.933. The van der Waals surface area contributed by atoms with Gasteiger partial charge in [0.15, 0.2) is 0 Å². The van der Waals surface area contributed by atoms with Crippen LogP contribution in [0, 0.1) is 0 Å². The molecule has 0 saturated carbocycles. The summed E-state index contributed by atoms with van der Waals surface area (Å²) < 4.78 is 0. The number of nitrogens with zero attached hydrogens (tertiary/aromatic N) is 1. The zero-order valence-corrected chi connectivity index (χ0v) is 7.79. The molecule has 0 spiro atoms. The van der Waals surface area contributed by atoms with Crippen LogP contribution < -0.4 is 0 Å². The van der Waals surface area contributed by atoms with E-state index in [2.05, 4.69) is 13.5 Å². The third-order valence-electron chi connectivity index (χ3n) is 1.79. The van der Waals surface area contributed by atoms with Gasteiger partial charge in [-0.1, -0.05) is 26.3 Å². The molecule has 0 aliphatic rings. The molecular formula is C9H17NO2. The van der Waals surface area contributed by atoms with Crippen molar-refractivity contribution in [2.45, 2.75) is 39.2 Å². The number of hydrogen-bond donors (Lipinski definition) is 1. The fourth-order valence-electron chi connectivity index (χ4n) is 0.933. The highest BCUT2D eigenvalue weighted by molar-refractivity contribution is 5.86.